The third-order valence-electron chi connectivity index (χ3n) is 4.26. The maximum absolute atomic E-state index is 13.1. The van der Waals surface area contributed by atoms with Crippen molar-refractivity contribution in [2.75, 3.05) is 0 Å². The second-order valence-electron chi connectivity index (χ2n) is 12.2. The summed E-state index contributed by atoms with van der Waals surface area (Å²) in [6.07, 6.45) is 4.03. The summed E-state index contributed by atoms with van der Waals surface area (Å²) in [6.45, 7) is 25.7. The van der Waals surface area contributed by atoms with Gasteiger partial charge in [-0.15, -0.1) is 0 Å². The SMILES string of the molecule is C[Si](C)(C)OC(=O)/C(=C/c1cn([Si](C)(C)C)c2ccc(O[Si](C)(C)C)cc12)O[Si](C)(C)C. The monoisotopic (exact) mass is 507 g/mol. The highest BCUT2D eigenvalue weighted by Gasteiger charge is 2.29. The van der Waals surface area contributed by atoms with E-state index in [-0.39, 0.29) is 5.97 Å². The Hall–Kier alpha value is -1.56. The number of carbonyl (C=O) groups is 1. The minimum absolute atomic E-state index is 0.303. The predicted octanol–water partition coefficient (Wildman–Crippen LogP) is 7.11. The van der Waals surface area contributed by atoms with Crippen LogP contribution in [0, 0.1) is 0 Å². The molecule has 0 N–H and O–H groups in total. The highest BCUT2D eigenvalue weighted by Crippen LogP contribution is 2.32. The van der Waals surface area contributed by atoms with Crippen LogP contribution in [0.4, 0.5) is 0 Å². The van der Waals surface area contributed by atoms with Crippen LogP contribution < -0.4 is 4.43 Å². The lowest BCUT2D eigenvalue weighted by Crippen LogP contribution is -2.34. The van der Waals surface area contributed by atoms with Crippen LogP contribution >= 0.6 is 0 Å². The quantitative estimate of drug-likeness (QED) is 0.217. The van der Waals surface area contributed by atoms with Crippen LogP contribution in [0.5, 0.6) is 5.75 Å². The van der Waals surface area contributed by atoms with E-state index in [9.17, 15) is 4.79 Å². The molecule has 0 unspecified atom stereocenters. The van der Waals surface area contributed by atoms with Gasteiger partial charge in [-0.2, -0.15) is 0 Å². The molecule has 0 aliphatic rings. The summed E-state index contributed by atoms with van der Waals surface area (Å²) in [5.41, 5.74) is 2.12. The second-order valence-corrected chi connectivity index (χ2v) is 30.4. The Morgan fingerprint density at radius 1 is 0.812 bits per heavy atom. The largest absolute Gasteiger partial charge is 0.544 e. The van der Waals surface area contributed by atoms with Gasteiger partial charge in [0.1, 0.15) is 5.75 Å². The number of hydrogen-bond acceptors (Lipinski definition) is 4. The summed E-state index contributed by atoms with van der Waals surface area (Å²) in [7, 11) is -7.52. The average Bonchev–Trinajstić information content (AvgIpc) is 2.88. The van der Waals surface area contributed by atoms with E-state index in [2.05, 4.69) is 87.6 Å². The number of rotatable bonds is 8. The normalized spacial score (nSPS) is 13.9. The fourth-order valence-corrected chi connectivity index (χ4v) is 6.99. The van der Waals surface area contributed by atoms with Crippen molar-refractivity contribution < 1.29 is 18.1 Å². The molecule has 0 aliphatic carbocycles. The second kappa shape index (κ2) is 9.00. The maximum Gasteiger partial charge on any atom is 0.358 e. The molecule has 1 heterocycles. The Kier molecular flexibility index (Phi) is 7.50. The van der Waals surface area contributed by atoms with Crippen LogP contribution in [0.15, 0.2) is 30.2 Å². The van der Waals surface area contributed by atoms with Crippen molar-refractivity contribution in [3.8, 4) is 5.75 Å². The predicted molar refractivity (Wildman–Crippen MR) is 147 cm³/mol. The van der Waals surface area contributed by atoms with Crippen LogP contribution in [-0.2, 0) is 13.6 Å². The highest BCUT2D eigenvalue weighted by molar-refractivity contribution is 6.75. The molecular weight excluding hydrogens is 467 g/mol. The van der Waals surface area contributed by atoms with Crippen LogP contribution in [0.2, 0.25) is 78.6 Å². The van der Waals surface area contributed by atoms with Gasteiger partial charge < -0.3 is 17.5 Å². The van der Waals surface area contributed by atoms with E-state index in [0.29, 0.717) is 5.76 Å². The summed E-state index contributed by atoms with van der Waals surface area (Å²) < 4.78 is 20.7. The Morgan fingerprint density at radius 2 is 1.38 bits per heavy atom. The molecule has 2 aromatic rings. The van der Waals surface area contributed by atoms with Crippen molar-refractivity contribution in [2.24, 2.45) is 0 Å². The van der Waals surface area contributed by atoms with E-state index in [4.69, 9.17) is 13.3 Å². The Balaban J connectivity index is 2.71. The highest BCUT2D eigenvalue weighted by atomic mass is 28.4. The first-order chi connectivity index (χ1) is 14.3. The number of nitrogens with zero attached hydrogens (tertiary/aromatic N) is 1. The Morgan fingerprint density at radius 3 is 1.84 bits per heavy atom. The summed E-state index contributed by atoms with van der Waals surface area (Å²) in [5, 5.41) is 1.07. The van der Waals surface area contributed by atoms with Crippen molar-refractivity contribution in [1.29, 1.82) is 0 Å². The molecule has 32 heavy (non-hydrogen) atoms. The maximum atomic E-state index is 13.1. The zero-order valence-electron chi connectivity index (χ0n) is 22.0. The lowest BCUT2D eigenvalue weighted by Gasteiger charge is -2.24. The topological polar surface area (TPSA) is 49.7 Å². The molecule has 0 radical (unpaired) electrons. The van der Waals surface area contributed by atoms with E-state index < -0.39 is 33.2 Å². The van der Waals surface area contributed by atoms with E-state index in [1.165, 1.54) is 0 Å². The van der Waals surface area contributed by atoms with Gasteiger partial charge >= 0.3 is 5.97 Å². The first-order valence-corrected chi connectivity index (χ1v) is 24.9. The van der Waals surface area contributed by atoms with Gasteiger partial charge in [0.15, 0.2) is 14.0 Å². The Bertz CT molecular complexity index is 1020. The average molecular weight is 508 g/mol. The van der Waals surface area contributed by atoms with Crippen molar-refractivity contribution in [1.82, 2.24) is 4.23 Å². The van der Waals surface area contributed by atoms with Crippen LogP contribution in [0.3, 0.4) is 0 Å². The zero-order valence-corrected chi connectivity index (χ0v) is 26.0. The molecule has 2 rings (SSSR count). The number of aromatic nitrogens is 1. The minimum Gasteiger partial charge on any atom is -0.544 e. The zero-order chi connectivity index (χ0) is 24.7. The molecular formula is C23H41NO4Si4. The van der Waals surface area contributed by atoms with Gasteiger partial charge in [0.05, 0.1) is 0 Å². The molecule has 1 aromatic heterocycles. The van der Waals surface area contributed by atoms with Crippen molar-refractivity contribution in [3.05, 3.63) is 35.7 Å². The van der Waals surface area contributed by atoms with Gasteiger partial charge in [-0.1, -0.05) is 19.6 Å². The van der Waals surface area contributed by atoms with Gasteiger partial charge in [0.25, 0.3) is 0 Å². The number of hydrogen-bond donors (Lipinski definition) is 0. The summed E-state index contributed by atoms with van der Waals surface area (Å²) >= 11 is 0. The molecule has 5 nitrogen and oxygen atoms in total. The first kappa shape index (κ1) is 26.7. The van der Waals surface area contributed by atoms with Crippen LogP contribution in [0.25, 0.3) is 17.0 Å². The Labute approximate surface area is 198 Å². The molecule has 0 saturated heterocycles. The molecule has 0 amide bonds. The lowest BCUT2D eigenvalue weighted by atomic mass is 10.1. The van der Waals surface area contributed by atoms with Gasteiger partial charge in [0, 0.05) is 22.7 Å². The minimum atomic E-state index is -2.06. The fourth-order valence-electron chi connectivity index (χ4n) is 3.25. The van der Waals surface area contributed by atoms with Crippen molar-refractivity contribution in [3.63, 3.8) is 0 Å². The van der Waals surface area contributed by atoms with Crippen molar-refractivity contribution in [2.45, 2.75) is 78.6 Å². The molecule has 178 valence electrons. The fraction of sp³-hybridized carbons (Fsp3) is 0.522. The van der Waals surface area contributed by atoms with Gasteiger partial charge in [0.2, 0.25) is 25.0 Å². The molecule has 0 fully saturated rings. The summed E-state index contributed by atoms with van der Waals surface area (Å²) in [6, 6.07) is 6.30. The number of benzene rings is 1. The van der Waals surface area contributed by atoms with Gasteiger partial charge in [-0.3, -0.25) is 0 Å². The third kappa shape index (κ3) is 7.79. The van der Waals surface area contributed by atoms with Crippen LogP contribution in [0.1, 0.15) is 5.56 Å². The third-order valence-corrected chi connectivity index (χ3v) is 8.55. The smallest absolute Gasteiger partial charge is 0.358 e. The number of carbonyl (C=O) groups excluding carboxylic acids is 1. The number of fused-ring (bicyclic) bond motifs is 1. The molecule has 0 spiro atoms. The lowest BCUT2D eigenvalue weighted by molar-refractivity contribution is -0.133. The van der Waals surface area contributed by atoms with Gasteiger partial charge in [-0.25, -0.2) is 4.79 Å². The van der Waals surface area contributed by atoms with Gasteiger partial charge in [-0.05, 0) is 83.2 Å². The molecule has 0 aliphatic heterocycles. The summed E-state index contributed by atoms with van der Waals surface area (Å²) in [5.74, 6) is 0.810. The summed E-state index contributed by atoms with van der Waals surface area (Å²) in [4.78, 5) is 13.1. The van der Waals surface area contributed by atoms with E-state index >= 15 is 0 Å². The van der Waals surface area contributed by atoms with E-state index in [1.807, 2.05) is 25.7 Å². The van der Waals surface area contributed by atoms with E-state index in [1.54, 1.807) is 0 Å². The molecule has 1 aromatic carbocycles. The van der Waals surface area contributed by atoms with Crippen molar-refractivity contribution >= 4 is 56.1 Å². The van der Waals surface area contributed by atoms with E-state index in [0.717, 1.165) is 22.2 Å². The molecule has 0 bridgehead atoms. The molecule has 0 atom stereocenters. The molecule has 9 heteroatoms. The first-order valence-electron chi connectivity index (χ1n) is 11.2. The molecule has 0 saturated carbocycles. The van der Waals surface area contributed by atoms with Crippen LogP contribution in [-0.4, -0.2) is 43.4 Å². The standard InChI is InChI=1S/C23H41NO4Si4/c1-29(2,3)24-17-18(20-16-19(13-14-21(20)24)26-30(4,5)6)15-22(27-31(7,8)9)23(25)28-32(10,11)12/h13-17H,1-12H3/b22-15-.